The van der Waals surface area contributed by atoms with Gasteiger partial charge in [-0.3, -0.25) is 0 Å². The second-order valence-electron chi connectivity index (χ2n) is 5.56. The Morgan fingerprint density at radius 1 is 1.21 bits per heavy atom. The van der Waals surface area contributed by atoms with Crippen LogP contribution in [0.5, 0.6) is 5.75 Å². The Labute approximate surface area is 147 Å². The summed E-state index contributed by atoms with van der Waals surface area (Å²) in [6, 6.07) is 15.0. The van der Waals surface area contributed by atoms with Crippen LogP contribution in [0.2, 0.25) is 5.02 Å². The van der Waals surface area contributed by atoms with Crippen LogP contribution in [0.25, 0.3) is 0 Å². The number of hydrogen-bond acceptors (Lipinski definition) is 4. The van der Waals surface area contributed by atoms with Crippen molar-refractivity contribution < 1.29 is 14.3 Å². The van der Waals surface area contributed by atoms with Crippen molar-refractivity contribution in [3.63, 3.8) is 0 Å². The Balaban J connectivity index is 1.71. The van der Waals surface area contributed by atoms with Crippen LogP contribution in [0.3, 0.4) is 0 Å². The summed E-state index contributed by atoms with van der Waals surface area (Å²) >= 11 is 5.97. The predicted octanol–water partition coefficient (Wildman–Crippen LogP) is 3.73. The highest BCUT2D eigenvalue weighted by Crippen LogP contribution is 2.13. The molecule has 1 unspecified atom stereocenters. The topological polar surface area (TPSA) is 47.6 Å². The van der Waals surface area contributed by atoms with Crippen LogP contribution in [0.1, 0.15) is 22.8 Å². The number of esters is 1. The maximum absolute atomic E-state index is 11.4. The number of carbonyl (C=O) groups is 1. The van der Waals surface area contributed by atoms with Gasteiger partial charge in [-0.2, -0.15) is 0 Å². The van der Waals surface area contributed by atoms with Crippen molar-refractivity contribution >= 4 is 17.6 Å². The van der Waals surface area contributed by atoms with Gasteiger partial charge in [0, 0.05) is 11.1 Å². The van der Waals surface area contributed by atoms with Gasteiger partial charge >= 0.3 is 5.97 Å². The molecule has 0 saturated heterocycles. The van der Waals surface area contributed by atoms with Crippen LogP contribution >= 0.6 is 11.6 Å². The van der Waals surface area contributed by atoms with Crippen molar-refractivity contribution in [1.82, 2.24) is 5.32 Å². The smallest absolute Gasteiger partial charge is 0.337 e. The second kappa shape index (κ2) is 9.30. The lowest BCUT2D eigenvalue weighted by Gasteiger charge is -2.15. The highest BCUT2D eigenvalue weighted by atomic mass is 35.5. The predicted molar refractivity (Wildman–Crippen MR) is 95.9 cm³/mol. The maximum atomic E-state index is 11.4. The standard InChI is InChI=1S/C19H22ClNO3/c1-14(21-11-10-15-4-3-5-17(20)12-15)13-24-18-8-6-16(7-9-18)19(22)23-2/h3-9,12,14,21H,10-11,13H2,1-2H3. The fourth-order valence-corrected chi connectivity index (χ4v) is 2.45. The van der Waals surface area contributed by atoms with E-state index >= 15 is 0 Å². The minimum absolute atomic E-state index is 0.212. The molecule has 0 radical (unpaired) electrons. The first kappa shape index (κ1) is 18.3. The molecule has 128 valence electrons. The lowest BCUT2D eigenvalue weighted by molar-refractivity contribution is 0.0600. The molecule has 5 heteroatoms. The summed E-state index contributed by atoms with van der Waals surface area (Å²) in [5.74, 6) is 0.378. The second-order valence-corrected chi connectivity index (χ2v) is 6.00. The quantitative estimate of drug-likeness (QED) is 0.739. The van der Waals surface area contributed by atoms with Crippen LogP contribution in [-0.4, -0.2) is 32.3 Å². The fraction of sp³-hybridized carbons (Fsp3) is 0.316. The normalized spacial score (nSPS) is 11.8. The Morgan fingerprint density at radius 2 is 1.96 bits per heavy atom. The molecule has 0 aliphatic heterocycles. The first-order valence-corrected chi connectivity index (χ1v) is 8.25. The van der Waals surface area contributed by atoms with Gasteiger partial charge in [0.1, 0.15) is 12.4 Å². The average molecular weight is 348 g/mol. The third-order valence-corrected chi connectivity index (χ3v) is 3.81. The van der Waals surface area contributed by atoms with Gasteiger partial charge in [0.05, 0.1) is 12.7 Å². The molecule has 0 saturated carbocycles. The molecule has 0 aromatic heterocycles. The number of methoxy groups -OCH3 is 1. The SMILES string of the molecule is COC(=O)c1ccc(OCC(C)NCCc2cccc(Cl)c2)cc1. The highest BCUT2D eigenvalue weighted by molar-refractivity contribution is 6.30. The van der Waals surface area contributed by atoms with Gasteiger partial charge in [-0.1, -0.05) is 23.7 Å². The van der Waals surface area contributed by atoms with Crippen LogP contribution in [0.15, 0.2) is 48.5 Å². The Kier molecular flexibility index (Phi) is 7.09. The molecule has 2 rings (SSSR count). The van der Waals surface area contributed by atoms with Crippen molar-refractivity contribution in [3.8, 4) is 5.75 Å². The van der Waals surface area contributed by atoms with Crippen molar-refractivity contribution in [2.45, 2.75) is 19.4 Å². The summed E-state index contributed by atoms with van der Waals surface area (Å²) in [6.07, 6.45) is 0.915. The van der Waals surface area contributed by atoms with Crippen LogP contribution in [0, 0.1) is 0 Å². The van der Waals surface area contributed by atoms with Crippen LogP contribution in [0.4, 0.5) is 0 Å². The third-order valence-electron chi connectivity index (χ3n) is 3.57. The maximum Gasteiger partial charge on any atom is 0.337 e. The van der Waals surface area contributed by atoms with Crippen LogP contribution < -0.4 is 10.1 Å². The van der Waals surface area contributed by atoms with Gasteiger partial charge in [-0.05, 0) is 61.9 Å². The van der Waals surface area contributed by atoms with Gasteiger partial charge in [-0.15, -0.1) is 0 Å². The van der Waals surface area contributed by atoms with Crippen molar-refractivity contribution in [2.24, 2.45) is 0 Å². The van der Waals surface area contributed by atoms with E-state index in [1.165, 1.54) is 12.7 Å². The minimum atomic E-state index is -0.349. The summed E-state index contributed by atoms with van der Waals surface area (Å²) in [4.78, 5) is 11.4. The average Bonchev–Trinajstić information content (AvgIpc) is 2.60. The van der Waals surface area contributed by atoms with Gasteiger partial charge in [0.25, 0.3) is 0 Å². The van der Waals surface area contributed by atoms with Crippen molar-refractivity contribution in [3.05, 3.63) is 64.7 Å². The van der Waals surface area contributed by atoms with E-state index in [1.54, 1.807) is 24.3 Å². The summed E-state index contributed by atoms with van der Waals surface area (Å²) in [7, 11) is 1.36. The molecule has 1 N–H and O–H groups in total. The van der Waals surface area contributed by atoms with Gasteiger partial charge in [0.15, 0.2) is 0 Å². The Morgan fingerprint density at radius 3 is 2.62 bits per heavy atom. The number of hydrogen-bond donors (Lipinski definition) is 1. The summed E-state index contributed by atoms with van der Waals surface area (Å²) in [6.45, 7) is 3.47. The molecule has 0 heterocycles. The van der Waals surface area contributed by atoms with E-state index in [0.29, 0.717) is 12.2 Å². The molecule has 24 heavy (non-hydrogen) atoms. The van der Waals surface area contributed by atoms with E-state index in [0.717, 1.165) is 23.7 Å². The number of ether oxygens (including phenoxy) is 2. The van der Waals surface area contributed by atoms with E-state index in [9.17, 15) is 4.79 Å². The molecule has 2 aromatic rings. The van der Waals surface area contributed by atoms with Gasteiger partial charge < -0.3 is 14.8 Å². The van der Waals surface area contributed by atoms with E-state index in [4.69, 9.17) is 16.3 Å². The largest absolute Gasteiger partial charge is 0.492 e. The number of benzene rings is 2. The van der Waals surface area contributed by atoms with Gasteiger partial charge in [-0.25, -0.2) is 4.79 Å². The molecule has 0 bridgehead atoms. The van der Waals surface area contributed by atoms with Crippen molar-refractivity contribution in [1.29, 1.82) is 0 Å². The molecular formula is C19H22ClNO3. The summed E-state index contributed by atoms with van der Waals surface area (Å²) < 4.78 is 10.4. The first-order chi connectivity index (χ1) is 11.6. The molecule has 4 nitrogen and oxygen atoms in total. The van der Waals surface area contributed by atoms with Crippen LogP contribution in [-0.2, 0) is 11.2 Å². The molecule has 1 atom stereocenters. The van der Waals surface area contributed by atoms with E-state index in [-0.39, 0.29) is 12.0 Å². The molecule has 2 aromatic carbocycles. The first-order valence-electron chi connectivity index (χ1n) is 7.87. The summed E-state index contributed by atoms with van der Waals surface area (Å²) in [5.41, 5.74) is 1.72. The Hall–Kier alpha value is -2.04. The zero-order valence-corrected chi connectivity index (χ0v) is 14.7. The molecule has 0 fully saturated rings. The highest BCUT2D eigenvalue weighted by Gasteiger charge is 2.06. The molecule has 0 aliphatic carbocycles. The number of carbonyl (C=O) groups excluding carboxylic acids is 1. The van der Waals surface area contributed by atoms with Gasteiger partial charge in [0.2, 0.25) is 0 Å². The number of halogens is 1. The molecule has 0 amide bonds. The van der Waals surface area contributed by atoms with E-state index < -0.39 is 0 Å². The molecular weight excluding hydrogens is 326 g/mol. The van der Waals surface area contributed by atoms with E-state index in [1.807, 2.05) is 18.2 Å². The Bertz CT molecular complexity index is 658. The zero-order chi connectivity index (χ0) is 17.4. The lowest BCUT2D eigenvalue weighted by Crippen LogP contribution is -2.33. The minimum Gasteiger partial charge on any atom is -0.492 e. The monoisotopic (exact) mass is 347 g/mol. The lowest BCUT2D eigenvalue weighted by atomic mass is 10.1. The third kappa shape index (κ3) is 5.87. The summed E-state index contributed by atoms with van der Waals surface area (Å²) in [5, 5.41) is 4.18. The fourth-order valence-electron chi connectivity index (χ4n) is 2.24. The zero-order valence-electron chi connectivity index (χ0n) is 13.9. The van der Waals surface area contributed by atoms with E-state index in [2.05, 4.69) is 23.0 Å². The molecule has 0 spiro atoms. The number of nitrogens with one attached hydrogen (secondary N) is 1. The van der Waals surface area contributed by atoms with Crippen molar-refractivity contribution in [2.75, 3.05) is 20.3 Å². The molecule has 0 aliphatic rings. The number of rotatable bonds is 8.